The van der Waals surface area contributed by atoms with E-state index in [2.05, 4.69) is 10.6 Å². The predicted molar refractivity (Wildman–Crippen MR) is 135 cm³/mol. The highest BCUT2D eigenvalue weighted by Gasteiger charge is 2.22. The molecule has 0 aromatic heterocycles. The number of nitrogens with one attached hydrogen (secondary N) is 2. The van der Waals surface area contributed by atoms with Gasteiger partial charge >= 0.3 is 0 Å². The fourth-order valence-corrected chi connectivity index (χ4v) is 3.97. The first-order chi connectivity index (χ1) is 17.3. The Hall–Kier alpha value is -4.04. The lowest BCUT2D eigenvalue weighted by atomic mass is 9.96. The number of aromatic hydroxyl groups is 1. The smallest absolute Gasteiger partial charge is 0.271 e. The van der Waals surface area contributed by atoms with Gasteiger partial charge in [0, 0.05) is 17.8 Å². The summed E-state index contributed by atoms with van der Waals surface area (Å²) < 4.78 is 33.4. The van der Waals surface area contributed by atoms with Crippen LogP contribution in [0.2, 0.25) is 0 Å². The number of hydrogen-bond acceptors (Lipinski definition) is 6. The van der Waals surface area contributed by atoms with Gasteiger partial charge in [-0.05, 0) is 66.4 Å². The van der Waals surface area contributed by atoms with E-state index in [-0.39, 0.29) is 5.69 Å². The van der Waals surface area contributed by atoms with Gasteiger partial charge in [-0.15, -0.1) is 0 Å². The maximum atomic E-state index is 13.9. The van der Waals surface area contributed by atoms with E-state index in [1.165, 1.54) is 12.1 Å². The van der Waals surface area contributed by atoms with Crippen LogP contribution >= 0.6 is 0 Å². The zero-order chi connectivity index (χ0) is 25.8. The molecule has 4 aromatic rings. The van der Waals surface area contributed by atoms with Gasteiger partial charge in [0.05, 0.1) is 12.6 Å². The Morgan fingerprint density at radius 2 is 1.58 bits per heavy atom. The van der Waals surface area contributed by atoms with Gasteiger partial charge in [-0.3, -0.25) is 14.9 Å². The minimum Gasteiger partial charge on any atom is -0.502 e. The second kappa shape index (κ2) is 10.7. The van der Waals surface area contributed by atoms with Crippen molar-refractivity contribution in [3.8, 4) is 11.5 Å². The monoisotopic (exact) mass is 492 g/mol. The Labute approximate surface area is 206 Å². The fourth-order valence-electron chi connectivity index (χ4n) is 3.97. The third-order valence-electron chi connectivity index (χ3n) is 5.86. The molecule has 0 radical (unpaired) electrons. The molecule has 8 heteroatoms. The van der Waals surface area contributed by atoms with Crippen LogP contribution in [0.15, 0.2) is 76.3 Å². The number of ether oxygens (including phenoxy) is 1. The highest BCUT2D eigenvalue weighted by atomic mass is 19.1. The molecule has 0 bridgehead atoms. The van der Waals surface area contributed by atoms with E-state index in [1.54, 1.807) is 18.2 Å². The third kappa shape index (κ3) is 5.44. The molecule has 3 N–H and O–H groups in total. The molecule has 186 valence electrons. The van der Waals surface area contributed by atoms with Gasteiger partial charge in [-0.25, -0.2) is 8.78 Å². The molecule has 2 unspecified atom stereocenters. The number of rotatable bonds is 10. The Bertz CT molecular complexity index is 1410. The highest BCUT2D eigenvalue weighted by molar-refractivity contribution is 5.69. The van der Waals surface area contributed by atoms with E-state index < -0.39 is 40.3 Å². The van der Waals surface area contributed by atoms with E-state index in [0.717, 1.165) is 29.4 Å². The standard InChI is InChI=1S/C28H26F2N2O4/c1-3-11-36-23-9-7-17(8-10-23)24(31-16(2)19-12-20(29)15-21(30)13-19)18-5-4-6-22(14-18)32-25-26(33)28(35)27(25)34/h4-10,12-16,24,31-33H,3,11H2,1-2H3. The maximum absolute atomic E-state index is 13.9. The number of benzene rings is 3. The molecule has 0 saturated carbocycles. The molecule has 0 saturated heterocycles. The largest absolute Gasteiger partial charge is 0.502 e. The van der Waals surface area contributed by atoms with E-state index in [0.29, 0.717) is 17.9 Å². The van der Waals surface area contributed by atoms with E-state index in [4.69, 9.17) is 4.74 Å². The Morgan fingerprint density at radius 3 is 2.22 bits per heavy atom. The first kappa shape index (κ1) is 25.1. The molecule has 4 aromatic carbocycles. The summed E-state index contributed by atoms with van der Waals surface area (Å²) in [6.45, 7) is 4.43. The zero-order valence-corrected chi connectivity index (χ0v) is 19.8. The molecule has 0 heterocycles. The van der Waals surface area contributed by atoms with E-state index in [9.17, 15) is 23.5 Å². The van der Waals surface area contributed by atoms with Gasteiger partial charge < -0.3 is 15.2 Å². The summed E-state index contributed by atoms with van der Waals surface area (Å²) >= 11 is 0. The molecule has 6 nitrogen and oxygen atoms in total. The highest BCUT2D eigenvalue weighted by Crippen LogP contribution is 2.31. The topological polar surface area (TPSA) is 87.7 Å². The number of anilines is 2. The molecular formula is C28H26F2N2O4. The molecule has 4 rings (SSSR count). The Morgan fingerprint density at radius 1 is 0.889 bits per heavy atom. The van der Waals surface area contributed by atoms with Crippen molar-refractivity contribution in [2.45, 2.75) is 32.4 Å². The van der Waals surface area contributed by atoms with Gasteiger partial charge in [0.25, 0.3) is 10.9 Å². The van der Waals surface area contributed by atoms with Gasteiger partial charge in [0.15, 0.2) is 5.75 Å². The van der Waals surface area contributed by atoms with Crippen molar-refractivity contribution >= 4 is 11.4 Å². The first-order valence-electron chi connectivity index (χ1n) is 11.6. The van der Waals surface area contributed by atoms with Crippen molar-refractivity contribution in [3.05, 3.63) is 116 Å². The Kier molecular flexibility index (Phi) is 7.45. The van der Waals surface area contributed by atoms with Crippen LogP contribution < -0.4 is 26.2 Å². The molecule has 0 amide bonds. The van der Waals surface area contributed by atoms with E-state index >= 15 is 0 Å². The molecule has 2 atom stereocenters. The minimum absolute atomic E-state index is 0.150. The van der Waals surface area contributed by atoms with Gasteiger partial charge in [0.2, 0.25) is 0 Å². The van der Waals surface area contributed by atoms with Crippen LogP contribution in [-0.2, 0) is 0 Å². The van der Waals surface area contributed by atoms with E-state index in [1.807, 2.05) is 44.2 Å². The lowest BCUT2D eigenvalue weighted by molar-refractivity contribution is 0.317. The van der Waals surface area contributed by atoms with Crippen LogP contribution in [0.4, 0.5) is 20.2 Å². The fraction of sp³-hybridized carbons (Fsp3) is 0.214. The summed E-state index contributed by atoms with van der Waals surface area (Å²) in [6, 6.07) is 17.2. The van der Waals surface area contributed by atoms with Crippen LogP contribution in [0, 0.1) is 11.6 Å². The van der Waals surface area contributed by atoms with Crippen molar-refractivity contribution in [1.82, 2.24) is 5.32 Å². The van der Waals surface area contributed by atoms with Crippen molar-refractivity contribution in [3.63, 3.8) is 0 Å². The lowest BCUT2D eigenvalue weighted by Gasteiger charge is -2.26. The van der Waals surface area contributed by atoms with Crippen molar-refractivity contribution in [2.24, 2.45) is 0 Å². The summed E-state index contributed by atoms with van der Waals surface area (Å²) in [5.41, 5.74) is 0.743. The zero-order valence-electron chi connectivity index (χ0n) is 19.8. The SMILES string of the molecule is CCCOc1ccc(C(NC(C)c2cc(F)cc(F)c2)c2cccc(Nc3c(O)c(=O)c3=O)c2)cc1. The van der Waals surface area contributed by atoms with Crippen LogP contribution in [-0.4, -0.2) is 11.7 Å². The van der Waals surface area contributed by atoms with Crippen molar-refractivity contribution in [1.29, 1.82) is 0 Å². The summed E-state index contributed by atoms with van der Waals surface area (Å²) in [6.07, 6.45) is 0.882. The second-order valence-electron chi connectivity index (χ2n) is 8.57. The van der Waals surface area contributed by atoms with Crippen molar-refractivity contribution < 1.29 is 18.6 Å². The molecule has 0 fully saturated rings. The molecule has 0 spiro atoms. The number of hydrogen-bond donors (Lipinski definition) is 3. The average molecular weight is 493 g/mol. The molecule has 36 heavy (non-hydrogen) atoms. The van der Waals surface area contributed by atoms with Crippen LogP contribution in [0.1, 0.15) is 49.0 Å². The molecular weight excluding hydrogens is 466 g/mol. The van der Waals surface area contributed by atoms with Gasteiger partial charge in [-0.2, -0.15) is 0 Å². The third-order valence-corrected chi connectivity index (χ3v) is 5.86. The van der Waals surface area contributed by atoms with Crippen LogP contribution in [0.5, 0.6) is 11.5 Å². The molecule has 0 aliphatic heterocycles. The minimum atomic E-state index is -0.922. The summed E-state index contributed by atoms with van der Waals surface area (Å²) in [5, 5.41) is 15.9. The molecule has 0 aliphatic carbocycles. The normalized spacial score (nSPS) is 12.9. The number of halogens is 2. The lowest BCUT2D eigenvalue weighted by Crippen LogP contribution is -2.32. The van der Waals surface area contributed by atoms with Gasteiger partial charge in [-0.1, -0.05) is 31.2 Å². The van der Waals surface area contributed by atoms with Crippen LogP contribution in [0.3, 0.4) is 0 Å². The van der Waals surface area contributed by atoms with Crippen molar-refractivity contribution in [2.75, 3.05) is 11.9 Å². The summed E-state index contributed by atoms with van der Waals surface area (Å²) in [7, 11) is 0. The second-order valence-corrected chi connectivity index (χ2v) is 8.57. The summed E-state index contributed by atoms with van der Waals surface area (Å²) in [4.78, 5) is 23.1. The molecule has 0 aliphatic rings. The first-order valence-corrected chi connectivity index (χ1v) is 11.6. The quantitative estimate of drug-likeness (QED) is 0.263. The average Bonchev–Trinajstić information content (AvgIpc) is 2.88. The Balaban J connectivity index is 1.67. The predicted octanol–water partition coefficient (Wildman–Crippen LogP) is 5.24. The van der Waals surface area contributed by atoms with Gasteiger partial charge in [0.1, 0.15) is 23.1 Å². The van der Waals surface area contributed by atoms with Crippen LogP contribution in [0.25, 0.3) is 0 Å². The maximum Gasteiger partial charge on any atom is 0.271 e. The summed E-state index contributed by atoms with van der Waals surface area (Å²) in [5.74, 6) is -1.19.